The molecule has 1 spiro atoms. The van der Waals surface area contributed by atoms with Crippen LogP contribution in [0.15, 0.2) is 24.3 Å². The first kappa shape index (κ1) is 24.3. The molecule has 1 saturated carbocycles. The molecule has 1 heterocycles. The van der Waals surface area contributed by atoms with E-state index in [2.05, 4.69) is 69.5 Å². The minimum atomic E-state index is -0.813. The highest BCUT2D eigenvalue weighted by atomic mass is 16.2. The Morgan fingerprint density at radius 2 is 1.75 bits per heavy atom. The fraction of sp³-hybridized carbons (Fsp3) is 0.654. The lowest BCUT2D eigenvalue weighted by molar-refractivity contribution is -0.136. The van der Waals surface area contributed by atoms with Gasteiger partial charge in [0.15, 0.2) is 0 Å². The predicted molar refractivity (Wildman–Crippen MR) is 126 cm³/mol. The minimum absolute atomic E-state index is 0.175. The third-order valence-electron chi connectivity index (χ3n) is 7.05. The van der Waals surface area contributed by atoms with Crippen LogP contribution in [0, 0.1) is 17.8 Å². The van der Waals surface area contributed by atoms with Crippen LogP contribution in [0.2, 0.25) is 0 Å². The molecule has 2 fully saturated rings. The molecule has 1 aromatic rings. The van der Waals surface area contributed by atoms with Crippen molar-refractivity contribution in [2.75, 3.05) is 6.54 Å². The summed E-state index contributed by atoms with van der Waals surface area (Å²) in [6, 6.07) is 7.74. The summed E-state index contributed by atoms with van der Waals surface area (Å²) in [6.07, 6.45) is 5.30. The molecule has 4 amide bonds. The average molecular weight is 442 g/mol. The molecule has 0 radical (unpaired) electrons. The summed E-state index contributed by atoms with van der Waals surface area (Å²) in [6.45, 7) is 10.4. The van der Waals surface area contributed by atoms with E-state index >= 15 is 0 Å². The number of benzene rings is 1. The number of carbonyl (C=O) groups is 3. The first-order valence-electron chi connectivity index (χ1n) is 12.2. The van der Waals surface area contributed by atoms with Gasteiger partial charge in [0.25, 0.3) is 5.91 Å². The van der Waals surface area contributed by atoms with Crippen molar-refractivity contribution in [1.29, 1.82) is 0 Å². The summed E-state index contributed by atoms with van der Waals surface area (Å²) >= 11 is 0. The van der Waals surface area contributed by atoms with Crippen LogP contribution < -0.4 is 10.6 Å². The Morgan fingerprint density at radius 3 is 2.28 bits per heavy atom. The number of amides is 4. The smallest absolute Gasteiger partial charge is 0.325 e. The van der Waals surface area contributed by atoms with Crippen LogP contribution in [0.25, 0.3) is 0 Å². The molecule has 1 atom stereocenters. The Balaban J connectivity index is 1.64. The molecule has 176 valence electrons. The van der Waals surface area contributed by atoms with Crippen LogP contribution in [0.1, 0.15) is 83.9 Å². The number of hydrogen-bond donors (Lipinski definition) is 2. The highest BCUT2D eigenvalue weighted by molar-refractivity contribution is 6.09. The maximum atomic E-state index is 13.1. The van der Waals surface area contributed by atoms with E-state index in [0.29, 0.717) is 24.7 Å². The van der Waals surface area contributed by atoms with E-state index in [1.54, 1.807) is 0 Å². The van der Waals surface area contributed by atoms with Crippen LogP contribution in [-0.2, 0) is 16.0 Å². The number of rotatable bonds is 8. The van der Waals surface area contributed by atoms with E-state index in [4.69, 9.17) is 0 Å². The van der Waals surface area contributed by atoms with Crippen LogP contribution >= 0.6 is 0 Å². The summed E-state index contributed by atoms with van der Waals surface area (Å²) in [7, 11) is 0. The van der Waals surface area contributed by atoms with E-state index in [9.17, 15) is 14.4 Å². The van der Waals surface area contributed by atoms with Crippen molar-refractivity contribution in [3.8, 4) is 0 Å². The number of imide groups is 1. The van der Waals surface area contributed by atoms with Crippen molar-refractivity contribution in [2.24, 2.45) is 17.8 Å². The molecule has 1 aromatic carbocycles. The topological polar surface area (TPSA) is 78.5 Å². The molecule has 6 nitrogen and oxygen atoms in total. The molecule has 6 heteroatoms. The van der Waals surface area contributed by atoms with Gasteiger partial charge in [-0.3, -0.25) is 14.5 Å². The summed E-state index contributed by atoms with van der Waals surface area (Å²) in [5.74, 6) is 0.824. The summed E-state index contributed by atoms with van der Waals surface area (Å²) < 4.78 is 0. The number of nitrogens with zero attached hydrogens (tertiary/aromatic N) is 1. The lowest BCUT2D eigenvalue weighted by Gasteiger charge is -2.34. The van der Waals surface area contributed by atoms with E-state index in [-0.39, 0.29) is 30.3 Å². The fourth-order valence-corrected chi connectivity index (χ4v) is 5.07. The van der Waals surface area contributed by atoms with E-state index in [0.717, 1.165) is 36.1 Å². The number of urea groups is 1. The van der Waals surface area contributed by atoms with Gasteiger partial charge < -0.3 is 10.6 Å². The number of nitrogens with one attached hydrogen (secondary N) is 2. The zero-order chi connectivity index (χ0) is 23.5. The predicted octanol–water partition coefficient (Wildman–Crippen LogP) is 4.59. The number of carbonyl (C=O) groups excluding carboxylic acids is 3. The second kappa shape index (κ2) is 10.1. The Morgan fingerprint density at radius 1 is 1.12 bits per heavy atom. The van der Waals surface area contributed by atoms with Crippen LogP contribution in [0.3, 0.4) is 0 Å². The molecule has 0 aromatic heterocycles. The molecule has 1 unspecified atom stereocenters. The van der Waals surface area contributed by atoms with Crippen LogP contribution in [0.4, 0.5) is 4.79 Å². The summed E-state index contributed by atoms with van der Waals surface area (Å²) in [5, 5.41) is 5.96. The molecule has 1 aliphatic heterocycles. The monoisotopic (exact) mass is 441 g/mol. The lowest BCUT2D eigenvalue weighted by Crippen LogP contribution is -2.50. The fourth-order valence-electron chi connectivity index (χ4n) is 5.07. The molecule has 32 heavy (non-hydrogen) atoms. The van der Waals surface area contributed by atoms with Crippen molar-refractivity contribution in [3.05, 3.63) is 35.4 Å². The van der Waals surface area contributed by atoms with Crippen molar-refractivity contribution < 1.29 is 14.4 Å². The standard InChI is InChI=1S/C26H39N3O3/c1-6-19-11-13-26(14-12-19)24(31)29(25(32)28-26)16-22(30)27-23(18(4)5)21-9-7-20(8-10-21)15-17(2)3/h7-10,17-19,23H,6,11-16H2,1-5H3,(H,27,30)(H,28,32). The maximum absolute atomic E-state index is 13.1. The second-order valence-electron chi connectivity index (χ2n) is 10.4. The van der Waals surface area contributed by atoms with Gasteiger partial charge in [-0.05, 0) is 61.0 Å². The molecular formula is C26H39N3O3. The number of hydrogen-bond acceptors (Lipinski definition) is 3. The van der Waals surface area contributed by atoms with Gasteiger partial charge in [0.05, 0.1) is 6.04 Å². The third kappa shape index (κ3) is 5.33. The van der Waals surface area contributed by atoms with Crippen molar-refractivity contribution >= 4 is 17.8 Å². The van der Waals surface area contributed by atoms with Gasteiger partial charge in [-0.15, -0.1) is 0 Å². The Labute approximate surface area is 192 Å². The first-order valence-corrected chi connectivity index (χ1v) is 12.2. The molecule has 1 aliphatic carbocycles. The first-order chi connectivity index (χ1) is 15.1. The summed E-state index contributed by atoms with van der Waals surface area (Å²) in [5.41, 5.74) is 1.50. The van der Waals surface area contributed by atoms with Crippen molar-refractivity contribution in [2.45, 2.75) is 84.7 Å². The van der Waals surface area contributed by atoms with Crippen molar-refractivity contribution in [1.82, 2.24) is 15.5 Å². The van der Waals surface area contributed by atoms with E-state index < -0.39 is 11.6 Å². The normalized spacial score (nSPS) is 24.3. The largest absolute Gasteiger partial charge is 0.347 e. The minimum Gasteiger partial charge on any atom is -0.347 e. The molecule has 0 bridgehead atoms. The van der Waals surface area contributed by atoms with Crippen LogP contribution in [0.5, 0.6) is 0 Å². The van der Waals surface area contributed by atoms with Gasteiger partial charge in [-0.2, -0.15) is 0 Å². The maximum Gasteiger partial charge on any atom is 0.325 e. The molecule has 2 N–H and O–H groups in total. The van der Waals surface area contributed by atoms with E-state index in [1.807, 2.05) is 0 Å². The molecule has 1 saturated heterocycles. The van der Waals surface area contributed by atoms with Gasteiger partial charge in [0, 0.05) is 0 Å². The van der Waals surface area contributed by atoms with Gasteiger partial charge in [-0.1, -0.05) is 65.3 Å². The zero-order valence-corrected chi connectivity index (χ0v) is 20.2. The van der Waals surface area contributed by atoms with Gasteiger partial charge in [0.2, 0.25) is 5.91 Å². The third-order valence-corrected chi connectivity index (χ3v) is 7.05. The van der Waals surface area contributed by atoms with E-state index in [1.165, 1.54) is 5.56 Å². The van der Waals surface area contributed by atoms with Gasteiger partial charge >= 0.3 is 6.03 Å². The summed E-state index contributed by atoms with van der Waals surface area (Å²) in [4.78, 5) is 39.7. The quantitative estimate of drug-likeness (QED) is 0.579. The van der Waals surface area contributed by atoms with Crippen molar-refractivity contribution in [3.63, 3.8) is 0 Å². The lowest BCUT2D eigenvalue weighted by atomic mass is 9.75. The van der Waals surface area contributed by atoms with Gasteiger partial charge in [-0.25, -0.2) is 4.79 Å². The molecule has 3 rings (SSSR count). The highest BCUT2D eigenvalue weighted by Crippen LogP contribution is 2.37. The Hall–Kier alpha value is -2.37. The SMILES string of the molecule is CCC1CCC2(CC1)NC(=O)N(CC(=O)NC(c1ccc(CC(C)C)cc1)C(C)C)C2=O. The Bertz CT molecular complexity index is 823. The second-order valence-corrected chi connectivity index (χ2v) is 10.4. The Kier molecular flexibility index (Phi) is 7.63. The molecular weight excluding hydrogens is 402 g/mol. The van der Waals surface area contributed by atoms with Gasteiger partial charge in [0.1, 0.15) is 12.1 Å². The van der Waals surface area contributed by atoms with Crippen LogP contribution in [-0.4, -0.2) is 34.8 Å². The highest BCUT2D eigenvalue weighted by Gasteiger charge is 2.52. The molecule has 2 aliphatic rings. The zero-order valence-electron chi connectivity index (χ0n) is 20.2. The average Bonchev–Trinajstić information content (AvgIpc) is 2.97.